The Kier molecular flexibility index (Phi) is 4.81. The van der Waals surface area contributed by atoms with Gasteiger partial charge in [-0.15, -0.1) is 11.3 Å². The highest BCUT2D eigenvalue weighted by molar-refractivity contribution is 7.10. The highest BCUT2D eigenvalue weighted by Crippen LogP contribution is 2.37. The first kappa shape index (κ1) is 17.5. The molecule has 138 valence electrons. The third-order valence-electron chi connectivity index (χ3n) is 4.83. The van der Waals surface area contributed by atoms with E-state index in [2.05, 4.69) is 16.8 Å². The zero-order valence-electron chi connectivity index (χ0n) is 14.9. The normalized spacial score (nSPS) is 17.2. The first-order chi connectivity index (χ1) is 13.1. The number of carbonyl (C=O) groups excluding carboxylic acids is 2. The topological polar surface area (TPSA) is 62.6 Å². The summed E-state index contributed by atoms with van der Waals surface area (Å²) in [4.78, 5) is 28.6. The van der Waals surface area contributed by atoms with E-state index in [1.807, 2.05) is 35.2 Å². The molecule has 1 aliphatic heterocycles. The summed E-state index contributed by atoms with van der Waals surface area (Å²) in [6.07, 6.45) is 2.27. The fourth-order valence-electron chi connectivity index (χ4n) is 3.53. The number of fused-ring (bicyclic) bond motifs is 1. The number of hydrogen-bond acceptors (Lipinski definition) is 4. The molecule has 2 aromatic heterocycles. The maximum Gasteiger partial charge on any atom is 0.287 e. The lowest BCUT2D eigenvalue weighted by Gasteiger charge is -2.37. The van der Waals surface area contributed by atoms with Gasteiger partial charge in [-0.3, -0.25) is 9.59 Å². The van der Waals surface area contributed by atoms with E-state index in [4.69, 9.17) is 4.42 Å². The second-order valence-corrected chi connectivity index (χ2v) is 7.57. The van der Waals surface area contributed by atoms with Gasteiger partial charge in [-0.05, 0) is 48.1 Å². The Balaban J connectivity index is 1.59. The number of nitrogens with one attached hydrogen (secondary N) is 1. The van der Waals surface area contributed by atoms with Crippen LogP contribution in [0.25, 0.3) is 0 Å². The van der Waals surface area contributed by atoms with Gasteiger partial charge in [0.05, 0.1) is 12.3 Å². The summed E-state index contributed by atoms with van der Waals surface area (Å²) in [5.74, 6) is -0.279. The van der Waals surface area contributed by atoms with Crippen molar-refractivity contribution in [2.75, 3.05) is 6.54 Å². The highest BCUT2D eigenvalue weighted by atomic mass is 32.1. The molecule has 0 saturated carbocycles. The van der Waals surface area contributed by atoms with Gasteiger partial charge in [-0.25, -0.2) is 0 Å². The van der Waals surface area contributed by atoms with Crippen LogP contribution in [0.4, 0.5) is 0 Å². The van der Waals surface area contributed by atoms with E-state index in [1.165, 1.54) is 16.7 Å². The van der Waals surface area contributed by atoms with Gasteiger partial charge in [0.25, 0.3) is 5.91 Å². The monoisotopic (exact) mass is 380 g/mol. The van der Waals surface area contributed by atoms with Gasteiger partial charge in [-0.1, -0.05) is 30.3 Å². The summed E-state index contributed by atoms with van der Waals surface area (Å²) in [5, 5.41) is 4.83. The molecule has 27 heavy (non-hydrogen) atoms. The molecule has 0 spiro atoms. The predicted octanol–water partition coefficient (Wildman–Crippen LogP) is 3.63. The van der Waals surface area contributed by atoms with Crippen LogP contribution in [0.5, 0.6) is 0 Å². The van der Waals surface area contributed by atoms with Crippen molar-refractivity contribution in [1.82, 2.24) is 10.2 Å². The van der Waals surface area contributed by atoms with Gasteiger partial charge in [-0.2, -0.15) is 0 Å². The van der Waals surface area contributed by atoms with E-state index in [1.54, 1.807) is 30.4 Å². The number of amides is 2. The molecule has 0 bridgehead atoms. The summed E-state index contributed by atoms with van der Waals surface area (Å²) < 4.78 is 5.11. The molecule has 0 aliphatic carbocycles. The molecule has 0 unspecified atom stereocenters. The number of carbonyl (C=O) groups is 2. The van der Waals surface area contributed by atoms with Gasteiger partial charge in [0.15, 0.2) is 5.76 Å². The molecule has 5 nitrogen and oxygen atoms in total. The molecule has 3 heterocycles. The van der Waals surface area contributed by atoms with Crippen molar-refractivity contribution in [3.8, 4) is 0 Å². The van der Waals surface area contributed by atoms with Gasteiger partial charge >= 0.3 is 0 Å². The van der Waals surface area contributed by atoms with Crippen molar-refractivity contribution in [3.63, 3.8) is 0 Å². The van der Waals surface area contributed by atoms with Crippen LogP contribution in [-0.4, -0.2) is 29.3 Å². The summed E-state index contributed by atoms with van der Waals surface area (Å²) in [6, 6.07) is 14.6. The fourth-order valence-corrected chi connectivity index (χ4v) is 4.44. The van der Waals surface area contributed by atoms with Crippen molar-refractivity contribution in [2.45, 2.75) is 25.4 Å². The largest absolute Gasteiger partial charge is 0.459 e. The van der Waals surface area contributed by atoms with Crippen LogP contribution in [0.15, 0.2) is 64.6 Å². The van der Waals surface area contributed by atoms with Crippen molar-refractivity contribution >= 4 is 23.2 Å². The minimum atomic E-state index is -0.644. The quantitative estimate of drug-likeness (QED) is 0.752. The molecule has 0 radical (unpaired) electrons. The lowest BCUT2D eigenvalue weighted by atomic mass is 9.92. The van der Waals surface area contributed by atoms with Crippen LogP contribution >= 0.6 is 11.3 Å². The Bertz CT molecular complexity index is 934. The van der Waals surface area contributed by atoms with E-state index in [0.717, 1.165) is 12.0 Å². The lowest BCUT2D eigenvalue weighted by molar-refractivity contribution is -0.134. The smallest absolute Gasteiger partial charge is 0.287 e. The Morgan fingerprint density at radius 3 is 2.74 bits per heavy atom. The molecule has 3 aromatic rings. The van der Waals surface area contributed by atoms with Crippen molar-refractivity contribution < 1.29 is 14.0 Å². The zero-order chi connectivity index (χ0) is 18.8. The van der Waals surface area contributed by atoms with E-state index < -0.39 is 6.04 Å². The Labute approximate surface area is 161 Å². The maximum atomic E-state index is 13.2. The summed E-state index contributed by atoms with van der Waals surface area (Å²) in [5.41, 5.74) is 2.25. The molecule has 0 saturated heterocycles. The molecule has 2 amide bonds. The van der Waals surface area contributed by atoms with Crippen LogP contribution in [0.1, 0.15) is 39.5 Å². The maximum absolute atomic E-state index is 13.2. The minimum absolute atomic E-state index is 0.0967. The number of nitrogens with zero attached hydrogens (tertiary/aromatic N) is 1. The first-order valence-corrected chi connectivity index (χ1v) is 9.79. The number of furan rings is 1. The molecule has 1 aliphatic rings. The number of benzene rings is 1. The third-order valence-corrected chi connectivity index (χ3v) is 5.82. The van der Waals surface area contributed by atoms with E-state index in [-0.39, 0.29) is 23.6 Å². The minimum Gasteiger partial charge on any atom is -0.459 e. The first-order valence-electron chi connectivity index (χ1n) is 8.91. The molecule has 1 N–H and O–H groups in total. The van der Waals surface area contributed by atoms with Gasteiger partial charge < -0.3 is 14.6 Å². The zero-order valence-corrected chi connectivity index (χ0v) is 15.7. The van der Waals surface area contributed by atoms with Gasteiger partial charge in [0, 0.05) is 11.4 Å². The van der Waals surface area contributed by atoms with E-state index in [0.29, 0.717) is 6.54 Å². The van der Waals surface area contributed by atoms with Gasteiger partial charge in [0.2, 0.25) is 5.91 Å². The molecule has 0 fully saturated rings. The molecule has 4 rings (SSSR count). The van der Waals surface area contributed by atoms with Crippen LogP contribution in [0.3, 0.4) is 0 Å². The van der Waals surface area contributed by atoms with Crippen molar-refractivity contribution in [3.05, 3.63) is 81.9 Å². The summed E-state index contributed by atoms with van der Waals surface area (Å²) in [7, 11) is 0. The molecule has 1 aromatic carbocycles. The van der Waals surface area contributed by atoms with Crippen LogP contribution in [0.2, 0.25) is 0 Å². The summed E-state index contributed by atoms with van der Waals surface area (Å²) in [6.45, 7) is 2.35. The highest BCUT2D eigenvalue weighted by Gasteiger charge is 2.35. The SMILES string of the molecule is C[C@H](NC(=O)c1ccco1)C(=O)N1CCc2sccc2[C@@H]1c1ccccc1. The molecular formula is C21H20N2O3S. The van der Waals surface area contributed by atoms with Crippen LogP contribution in [0, 0.1) is 0 Å². The molecule has 6 heteroatoms. The van der Waals surface area contributed by atoms with Crippen LogP contribution in [-0.2, 0) is 11.2 Å². The van der Waals surface area contributed by atoms with Crippen LogP contribution < -0.4 is 5.32 Å². The van der Waals surface area contributed by atoms with Gasteiger partial charge in [0.1, 0.15) is 6.04 Å². The van der Waals surface area contributed by atoms with E-state index >= 15 is 0 Å². The van der Waals surface area contributed by atoms with Crippen molar-refractivity contribution in [1.29, 1.82) is 0 Å². The number of rotatable bonds is 4. The van der Waals surface area contributed by atoms with Crippen molar-refractivity contribution in [2.24, 2.45) is 0 Å². The predicted molar refractivity (Wildman–Crippen MR) is 104 cm³/mol. The fraction of sp³-hybridized carbons (Fsp3) is 0.238. The average molecular weight is 380 g/mol. The average Bonchev–Trinajstić information content (AvgIpc) is 3.38. The molecule has 2 atom stereocenters. The second-order valence-electron chi connectivity index (χ2n) is 6.57. The van der Waals surface area contributed by atoms with E-state index in [9.17, 15) is 9.59 Å². The Morgan fingerprint density at radius 1 is 1.19 bits per heavy atom. The Morgan fingerprint density at radius 2 is 2.00 bits per heavy atom. The number of hydrogen-bond donors (Lipinski definition) is 1. The molecular weight excluding hydrogens is 360 g/mol. The second kappa shape index (κ2) is 7.40. The lowest BCUT2D eigenvalue weighted by Crippen LogP contribution is -2.50. The number of thiophene rings is 1. The Hall–Kier alpha value is -2.86. The standard InChI is InChI=1S/C21H20N2O3S/c1-14(22-20(24)17-8-5-12-26-17)21(25)23-11-9-18-16(10-13-27-18)19(23)15-6-3-2-4-7-15/h2-8,10,12-14,19H,9,11H2,1H3,(H,22,24)/t14-,19-/m0/s1. The third kappa shape index (κ3) is 3.40. The summed E-state index contributed by atoms with van der Waals surface area (Å²) >= 11 is 1.73.